The maximum atomic E-state index is 13.2. The maximum Gasteiger partial charge on any atom is 0.311 e. The topological polar surface area (TPSA) is 54.4 Å². The first-order valence-electron chi connectivity index (χ1n) is 12.1. The van der Waals surface area contributed by atoms with Crippen molar-refractivity contribution < 1.29 is 14.7 Å². The molecule has 1 aromatic carbocycles. The van der Waals surface area contributed by atoms with Crippen LogP contribution in [0.25, 0.3) is 6.08 Å². The van der Waals surface area contributed by atoms with Gasteiger partial charge in [0.2, 0.25) is 0 Å². The number of carbonyl (C=O) groups is 2. The third-order valence-electron chi connectivity index (χ3n) is 8.32. The van der Waals surface area contributed by atoms with Gasteiger partial charge in [0.1, 0.15) is 5.78 Å². The normalized spacial score (nSPS) is 35.1. The van der Waals surface area contributed by atoms with Crippen LogP contribution in [-0.4, -0.2) is 16.9 Å². The van der Waals surface area contributed by atoms with Gasteiger partial charge in [0.05, 0.1) is 5.41 Å². The number of fused-ring (bicyclic) bond motifs is 1. The Morgan fingerprint density at radius 1 is 1.16 bits per heavy atom. The minimum absolute atomic E-state index is 0.00918. The molecule has 1 saturated carbocycles. The molecule has 3 rings (SSSR count). The summed E-state index contributed by atoms with van der Waals surface area (Å²) in [5.41, 5.74) is 1.71. The van der Waals surface area contributed by atoms with E-state index >= 15 is 0 Å². The second kappa shape index (κ2) is 9.21. The fourth-order valence-electron chi connectivity index (χ4n) is 6.82. The zero-order valence-electron chi connectivity index (χ0n) is 20.4. The average Bonchev–Trinajstić information content (AvgIpc) is 3.02. The van der Waals surface area contributed by atoms with Crippen LogP contribution in [0.1, 0.15) is 66.4 Å². The van der Waals surface area contributed by atoms with Gasteiger partial charge in [0, 0.05) is 17.3 Å². The van der Waals surface area contributed by atoms with Crippen LogP contribution >= 0.6 is 0 Å². The number of hydrogen-bond donors (Lipinski definition) is 1. The number of aliphatic carboxylic acids is 1. The standard InChI is InChI=1S/C29H38O3/c1-7-21(15-16-22-13-11-10-12-14-22)18-28(6)17-19(4)24-20(5)26(30)23(8-2)25(24)29(28,9-3)27(31)32/h10-18,20,23-25H,7-9H2,1-6H3,(H,31,32). The minimum Gasteiger partial charge on any atom is -0.481 e. The van der Waals surface area contributed by atoms with Gasteiger partial charge in [-0.05, 0) is 43.6 Å². The van der Waals surface area contributed by atoms with Crippen molar-refractivity contribution in [2.45, 2.75) is 60.8 Å². The average molecular weight is 435 g/mol. The number of ketones is 1. The number of carboxylic acids is 1. The highest BCUT2D eigenvalue weighted by atomic mass is 16.4. The first kappa shape index (κ1) is 24.2. The van der Waals surface area contributed by atoms with Gasteiger partial charge in [-0.25, -0.2) is 0 Å². The van der Waals surface area contributed by atoms with Crippen molar-refractivity contribution in [2.24, 2.45) is 34.5 Å². The van der Waals surface area contributed by atoms with Crippen LogP contribution < -0.4 is 0 Å². The van der Waals surface area contributed by atoms with Crippen molar-refractivity contribution in [1.82, 2.24) is 0 Å². The van der Waals surface area contributed by atoms with E-state index in [1.807, 2.05) is 39.0 Å². The van der Waals surface area contributed by atoms with Crippen molar-refractivity contribution in [3.63, 3.8) is 0 Å². The lowest BCUT2D eigenvalue weighted by atomic mass is 9.48. The molecule has 0 aliphatic heterocycles. The SMILES string of the molecule is CCC(C=Cc1ccccc1)=CC1(C)C=C(C)C2C(C)C(=O)C(CC)C2C1(CC)C(=O)O. The van der Waals surface area contributed by atoms with Gasteiger partial charge >= 0.3 is 5.97 Å². The number of allylic oxidation sites excluding steroid dienone is 5. The quantitative estimate of drug-likeness (QED) is 0.373. The summed E-state index contributed by atoms with van der Waals surface area (Å²) in [5.74, 6) is -1.03. The summed E-state index contributed by atoms with van der Waals surface area (Å²) in [4.78, 5) is 26.3. The summed E-state index contributed by atoms with van der Waals surface area (Å²) in [7, 11) is 0. The van der Waals surface area contributed by atoms with Crippen molar-refractivity contribution in [2.75, 3.05) is 0 Å². The Balaban J connectivity index is 2.19. The van der Waals surface area contributed by atoms with Crippen molar-refractivity contribution >= 4 is 17.8 Å². The lowest BCUT2D eigenvalue weighted by molar-refractivity contribution is -0.164. The number of carbonyl (C=O) groups excluding carboxylic acids is 1. The molecule has 2 aliphatic rings. The number of benzene rings is 1. The van der Waals surface area contributed by atoms with Crippen LogP contribution in [0.4, 0.5) is 0 Å². The molecule has 2 aliphatic carbocycles. The summed E-state index contributed by atoms with van der Waals surface area (Å²) in [6.45, 7) is 12.3. The van der Waals surface area contributed by atoms with Crippen LogP contribution in [-0.2, 0) is 9.59 Å². The molecule has 0 amide bonds. The Kier molecular flexibility index (Phi) is 6.97. The largest absolute Gasteiger partial charge is 0.481 e. The van der Waals surface area contributed by atoms with Crippen molar-refractivity contribution in [3.8, 4) is 0 Å². The Morgan fingerprint density at radius 3 is 2.34 bits per heavy atom. The molecular formula is C29H38O3. The molecule has 172 valence electrons. The molecular weight excluding hydrogens is 396 g/mol. The molecule has 3 nitrogen and oxygen atoms in total. The van der Waals surface area contributed by atoms with Crippen molar-refractivity contribution in [1.29, 1.82) is 0 Å². The van der Waals surface area contributed by atoms with E-state index in [0.29, 0.717) is 12.8 Å². The molecule has 6 atom stereocenters. The third-order valence-corrected chi connectivity index (χ3v) is 8.32. The first-order chi connectivity index (χ1) is 15.2. The Bertz CT molecular complexity index is 954. The summed E-state index contributed by atoms with van der Waals surface area (Å²) in [6, 6.07) is 10.1. The van der Waals surface area contributed by atoms with Gasteiger partial charge in [0.25, 0.3) is 0 Å². The third kappa shape index (κ3) is 3.70. The molecule has 0 spiro atoms. The molecule has 3 heteroatoms. The van der Waals surface area contributed by atoms with Gasteiger partial charge in [-0.3, -0.25) is 9.59 Å². The second-order valence-electron chi connectivity index (χ2n) is 9.88. The van der Waals surface area contributed by atoms with Crippen LogP contribution in [0.5, 0.6) is 0 Å². The number of hydrogen-bond acceptors (Lipinski definition) is 2. The zero-order chi connectivity index (χ0) is 23.7. The van der Waals surface area contributed by atoms with Crippen LogP contribution in [0.2, 0.25) is 0 Å². The highest BCUT2D eigenvalue weighted by Crippen LogP contribution is 2.64. The smallest absolute Gasteiger partial charge is 0.311 e. The second-order valence-corrected chi connectivity index (χ2v) is 9.88. The molecule has 0 bridgehead atoms. The van der Waals surface area contributed by atoms with Crippen LogP contribution in [0.3, 0.4) is 0 Å². The van der Waals surface area contributed by atoms with E-state index < -0.39 is 16.8 Å². The van der Waals surface area contributed by atoms with E-state index in [9.17, 15) is 14.7 Å². The zero-order valence-corrected chi connectivity index (χ0v) is 20.4. The Morgan fingerprint density at radius 2 is 1.81 bits per heavy atom. The van der Waals surface area contributed by atoms with E-state index in [-0.39, 0.29) is 29.5 Å². The monoisotopic (exact) mass is 434 g/mol. The van der Waals surface area contributed by atoms with E-state index in [2.05, 4.69) is 57.2 Å². The molecule has 6 unspecified atom stereocenters. The highest BCUT2D eigenvalue weighted by molar-refractivity contribution is 5.89. The number of rotatable bonds is 7. The van der Waals surface area contributed by atoms with Gasteiger partial charge in [-0.15, -0.1) is 0 Å². The van der Waals surface area contributed by atoms with Crippen LogP contribution in [0.15, 0.2) is 59.7 Å². The summed E-state index contributed by atoms with van der Waals surface area (Å²) in [6.07, 6.45) is 10.5. The van der Waals surface area contributed by atoms with Gasteiger partial charge in [0.15, 0.2) is 0 Å². The van der Waals surface area contributed by atoms with E-state index in [0.717, 1.165) is 17.6 Å². The lowest BCUT2D eigenvalue weighted by Crippen LogP contribution is -2.55. The fraction of sp³-hybridized carbons (Fsp3) is 0.517. The molecule has 0 saturated heterocycles. The Hall–Kier alpha value is -2.42. The lowest BCUT2D eigenvalue weighted by Gasteiger charge is -2.53. The van der Waals surface area contributed by atoms with Gasteiger partial charge < -0.3 is 5.11 Å². The van der Waals surface area contributed by atoms with Gasteiger partial charge in [-0.2, -0.15) is 0 Å². The molecule has 32 heavy (non-hydrogen) atoms. The van der Waals surface area contributed by atoms with Crippen molar-refractivity contribution in [3.05, 3.63) is 65.3 Å². The maximum absolute atomic E-state index is 13.2. The first-order valence-corrected chi connectivity index (χ1v) is 12.1. The fourth-order valence-corrected chi connectivity index (χ4v) is 6.82. The molecule has 1 fully saturated rings. The summed E-state index contributed by atoms with van der Waals surface area (Å²) >= 11 is 0. The number of Topliss-reactive ketones (excluding diaryl/α,β-unsaturated/α-hetero) is 1. The van der Waals surface area contributed by atoms with E-state index in [1.165, 1.54) is 5.57 Å². The van der Waals surface area contributed by atoms with E-state index in [1.54, 1.807) is 0 Å². The molecule has 1 aromatic rings. The van der Waals surface area contributed by atoms with Gasteiger partial charge in [-0.1, -0.05) is 100 Å². The predicted molar refractivity (Wildman–Crippen MR) is 131 cm³/mol. The minimum atomic E-state index is -1.01. The molecule has 0 aromatic heterocycles. The number of carboxylic acid groups (broad SMARTS) is 1. The summed E-state index contributed by atoms with van der Waals surface area (Å²) < 4.78 is 0. The Labute approximate surface area is 193 Å². The van der Waals surface area contributed by atoms with E-state index in [4.69, 9.17) is 0 Å². The molecule has 1 N–H and O–H groups in total. The molecule has 0 heterocycles. The van der Waals surface area contributed by atoms with Crippen LogP contribution in [0, 0.1) is 34.5 Å². The molecule has 0 radical (unpaired) electrons. The summed E-state index contributed by atoms with van der Waals surface area (Å²) in [5, 5.41) is 10.7. The predicted octanol–water partition coefficient (Wildman–Crippen LogP) is 6.96. The highest BCUT2D eigenvalue weighted by Gasteiger charge is 2.66.